The summed E-state index contributed by atoms with van der Waals surface area (Å²) in [5, 5.41) is 9.80. The Labute approximate surface area is 129 Å². The largest absolute Gasteiger partial charge is 0.481 e. The quantitative estimate of drug-likeness (QED) is 0.639. The van der Waals surface area contributed by atoms with E-state index in [-0.39, 0.29) is 5.92 Å². The van der Waals surface area contributed by atoms with Gasteiger partial charge in [0.1, 0.15) is 0 Å². The molecule has 2 unspecified atom stereocenters. The van der Waals surface area contributed by atoms with E-state index in [1.54, 1.807) is 7.11 Å². The molecular formula is C18H30O3. The Morgan fingerprint density at radius 2 is 2.14 bits per heavy atom. The van der Waals surface area contributed by atoms with Crippen LogP contribution in [0.15, 0.2) is 23.8 Å². The summed E-state index contributed by atoms with van der Waals surface area (Å²) in [5.74, 6) is 0.0234. The van der Waals surface area contributed by atoms with Gasteiger partial charge in [0.15, 0.2) is 0 Å². The molecule has 0 spiro atoms. The number of carboxylic acid groups (broad SMARTS) is 1. The van der Waals surface area contributed by atoms with Gasteiger partial charge in [0.05, 0.1) is 5.41 Å². The molecule has 0 fully saturated rings. The SMILES string of the molecule is COCCC1=CC=CC(CCCCC(C)C)(C(=O)O)C1C. The molecule has 0 aromatic carbocycles. The van der Waals surface area contributed by atoms with Gasteiger partial charge in [-0.05, 0) is 24.7 Å². The van der Waals surface area contributed by atoms with E-state index in [4.69, 9.17) is 4.74 Å². The molecule has 0 aliphatic heterocycles. The Morgan fingerprint density at radius 3 is 2.71 bits per heavy atom. The lowest BCUT2D eigenvalue weighted by Crippen LogP contribution is -2.38. The minimum Gasteiger partial charge on any atom is -0.481 e. The Balaban J connectivity index is 2.74. The Morgan fingerprint density at radius 1 is 1.43 bits per heavy atom. The average molecular weight is 294 g/mol. The maximum absolute atomic E-state index is 11.9. The number of carbonyl (C=O) groups is 1. The van der Waals surface area contributed by atoms with Crippen LogP contribution in [-0.2, 0) is 9.53 Å². The van der Waals surface area contributed by atoms with Gasteiger partial charge in [-0.1, -0.05) is 63.8 Å². The van der Waals surface area contributed by atoms with Gasteiger partial charge in [0.25, 0.3) is 0 Å². The molecule has 3 heteroatoms. The van der Waals surface area contributed by atoms with Crippen molar-refractivity contribution < 1.29 is 14.6 Å². The first-order valence-electron chi connectivity index (χ1n) is 8.04. The normalized spacial score (nSPS) is 25.2. The van der Waals surface area contributed by atoms with Crippen molar-refractivity contribution in [2.45, 2.75) is 52.9 Å². The molecule has 1 aliphatic rings. The second-order valence-electron chi connectivity index (χ2n) is 6.55. The maximum Gasteiger partial charge on any atom is 0.314 e. The number of unbranched alkanes of at least 4 members (excludes halogenated alkanes) is 1. The number of hydrogen-bond donors (Lipinski definition) is 1. The van der Waals surface area contributed by atoms with Crippen LogP contribution in [0.2, 0.25) is 0 Å². The predicted octanol–water partition coefficient (Wildman–Crippen LogP) is 4.44. The topological polar surface area (TPSA) is 46.5 Å². The van der Waals surface area contributed by atoms with E-state index in [2.05, 4.69) is 19.9 Å². The van der Waals surface area contributed by atoms with E-state index >= 15 is 0 Å². The molecule has 0 aromatic rings. The monoisotopic (exact) mass is 294 g/mol. The minimum absolute atomic E-state index is 0.0363. The molecule has 0 aromatic heterocycles. The van der Waals surface area contributed by atoms with Crippen LogP contribution < -0.4 is 0 Å². The fraction of sp³-hybridized carbons (Fsp3) is 0.722. The van der Waals surface area contributed by atoms with Gasteiger partial charge in [-0.3, -0.25) is 4.79 Å². The second kappa shape index (κ2) is 8.38. The second-order valence-corrected chi connectivity index (χ2v) is 6.55. The lowest BCUT2D eigenvalue weighted by atomic mass is 9.66. The Bertz CT molecular complexity index is 395. The molecule has 0 saturated carbocycles. The molecule has 1 N–H and O–H groups in total. The van der Waals surface area contributed by atoms with Gasteiger partial charge in [-0.25, -0.2) is 0 Å². The van der Waals surface area contributed by atoms with Gasteiger partial charge in [-0.2, -0.15) is 0 Å². The zero-order valence-corrected chi connectivity index (χ0v) is 13.9. The molecule has 0 saturated heterocycles. The van der Waals surface area contributed by atoms with Crippen molar-refractivity contribution >= 4 is 5.97 Å². The summed E-state index contributed by atoms with van der Waals surface area (Å²) in [5.41, 5.74) is 0.444. The number of hydrogen-bond acceptors (Lipinski definition) is 2. The zero-order chi connectivity index (χ0) is 15.9. The molecule has 0 radical (unpaired) electrons. The highest BCUT2D eigenvalue weighted by molar-refractivity contribution is 5.78. The molecule has 1 aliphatic carbocycles. The molecule has 120 valence electrons. The first kappa shape index (κ1) is 18.0. The van der Waals surface area contributed by atoms with Crippen molar-refractivity contribution in [2.75, 3.05) is 13.7 Å². The van der Waals surface area contributed by atoms with Gasteiger partial charge in [0, 0.05) is 13.7 Å². The third kappa shape index (κ3) is 4.70. The number of ether oxygens (including phenoxy) is 1. The van der Waals surface area contributed by atoms with E-state index in [0.29, 0.717) is 12.5 Å². The minimum atomic E-state index is -0.741. The van der Waals surface area contributed by atoms with E-state index in [1.165, 1.54) is 12.0 Å². The molecule has 0 amide bonds. The summed E-state index contributed by atoms with van der Waals surface area (Å²) in [6.07, 6.45) is 10.6. The maximum atomic E-state index is 11.9. The fourth-order valence-electron chi connectivity index (χ4n) is 3.12. The Hall–Kier alpha value is -1.09. The van der Waals surface area contributed by atoms with E-state index in [9.17, 15) is 9.90 Å². The van der Waals surface area contributed by atoms with Crippen LogP contribution in [0.4, 0.5) is 0 Å². The predicted molar refractivity (Wildman–Crippen MR) is 86.3 cm³/mol. The molecule has 2 atom stereocenters. The highest BCUT2D eigenvalue weighted by Gasteiger charge is 2.43. The van der Waals surface area contributed by atoms with Crippen LogP contribution in [0.25, 0.3) is 0 Å². The van der Waals surface area contributed by atoms with Crippen molar-refractivity contribution in [3.8, 4) is 0 Å². The average Bonchev–Trinajstić information content (AvgIpc) is 2.43. The van der Waals surface area contributed by atoms with Crippen LogP contribution in [0.1, 0.15) is 52.9 Å². The summed E-state index contributed by atoms with van der Waals surface area (Å²) < 4.78 is 5.13. The smallest absolute Gasteiger partial charge is 0.314 e. The van der Waals surface area contributed by atoms with E-state index in [1.807, 2.05) is 19.1 Å². The number of allylic oxidation sites excluding steroid dienone is 2. The highest BCUT2D eigenvalue weighted by atomic mass is 16.5. The van der Waals surface area contributed by atoms with Gasteiger partial charge >= 0.3 is 5.97 Å². The summed E-state index contributed by atoms with van der Waals surface area (Å²) >= 11 is 0. The fourth-order valence-corrected chi connectivity index (χ4v) is 3.12. The lowest BCUT2D eigenvalue weighted by molar-refractivity contribution is -0.148. The van der Waals surface area contributed by atoms with E-state index in [0.717, 1.165) is 25.7 Å². The van der Waals surface area contributed by atoms with Crippen LogP contribution in [0.3, 0.4) is 0 Å². The van der Waals surface area contributed by atoms with Crippen LogP contribution >= 0.6 is 0 Å². The van der Waals surface area contributed by atoms with Crippen LogP contribution in [-0.4, -0.2) is 24.8 Å². The van der Waals surface area contributed by atoms with Gasteiger partial charge in [0.2, 0.25) is 0 Å². The lowest BCUT2D eigenvalue weighted by Gasteiger charge is -2.36. The summed E-state index contributed by atoms with van der Waals surface area (Å²) in [7, 11) is 1.68. The van der Waals surface area contributed by atoms with Crippen molar-refractivity contribution in [2.24, 2.45) is 17.3 Å². The molecule has 0 bridgehead atoms. The third-order valence-corrected chi connectivity index (χ3v) is 4.65. The first-order chi connectivity index (χ1) is 9.94. The van der Waals surface area contributed by atoms with Gasteiger partial charge in [-0.15, -0.1) is 0 Å². The number of rotatable bonds is 9. The van der Waals surface area contributed by atoms with Crippen molar-refractivity contribution in [1.29, 1.82) is 0 Å². The number of aliphatic carboxylic acids is 1. The van der Waals surface area contributed by atoms with Crippen molar-refractivity contribution in [3.63, 3.8) is 0 Å². The number of methoxy groups -OCH3 is 1. The summed E-state index contributed by atoms with van der Waals surface area (Å²) in [6, 6.07) is 0. The standard InChI is InChI=1S/C18H30O3/c1-14(2)8-5-6-11-18(17(19)20)12-7-9-16(15(18)3)10-13-21-4/h7,9,12,14-15H,5-6,8,10-11,13H2,1-4H3,(H,19,20). The summed E-state index contributed by atoms with van der Waals surface area (Å²) in [6.45, 7) is 7.11. The van der Waals surface area contributed by atoms with Crippen LogP contribution in [0.5, 0.6) is 0 Å². The molecule has 0 heterocycles. The van der Waals surface area contributed by atoms with Gasteiger partial charge < -0.3 is 9.84 Å². The van der Waals surface area contributed by atoms with Crippen molar-refractivity contribution in [1.82, 2.24) is 0 Å². The first-order valence-corrected chi connectivity index (χ1v) is 8.04. The highest BCUT2D eigenvalue weighted by Crippen LogP contribution is 2.43. The van der Waals surface area contributed by atoms with E-state index < -0.39 is 11.4 Å². The molecule has 21 heavy (non-hydrogen) atoms. The molecular weight excluding hydrogens is 264 g/mol. The van der Waals surface area contributed by atoms with Crippen LogP contribution in [0, 0.1) is 17.3 Å². The Kier molecular flexibility index (Phi) is 7.16. The zero-order valence-electron chi connectivity index (χ0n) is 13.9. The third-order valence-electron chi connectivity index (χ3n) is 4.65. The van der Waals surface area contributed by atoms with Crippen molar-refractivity contribution in [3.05, 3.63) is 23.8 Å². The molecule has 1 rings (SSSR count). The summed E-state index contributed by atoms with van der Waals surface area (Å²) in [4.78, 5) is 11.9. The number of carboxylic acids is 1. The molecule has 3 nitrogen and oxygen atoms in total.